The highest BCUT2D eigenvalue weighted by Gasteiger charge is 2.08. The standard InChI is InChI=1S/C12H14ClN3O2S/c1-18-5-4-14-11(17)7-16-10-6-8(13)2-3-9(10)15-12(16)19/h2-3,6H,4-5,7H2,1H3,(H,14,17)(H,15,19). The highest BCUT2D eigenvalue weighted by molar-refractivity contribution is 7.71. The summed E-state index contributed by atoms with van der Waals surface area (Å²) >= 11 is 11.2. The van der Waals surface area contributed by atoms with E-state index >= 15 is 0 Å². The molecular weight excluding hydrogens is 286 g/mol. The molecule has 0 aliphatic carbocycles. The van der Waals surface area contributed by atoms with Crippen molar-refractivity contribution in [3.05, 3.63) is 28.0 Å². The minimum Gasteiger partial charge on any atom is -0.383 e. The van der Waals surface area contributed by atoms with Gasteiger partial charge in [0.05, 0.1) is 17.6 Å². The van der Waals surface area contributed by atoms with Crippen LogP contribution in [0.1, 0.15) is 0 Å². The maximum Gasteiger partial charge on any atom is 0.240 e. The van der Waals surface area contributed by atoms with Crippen LogP contribution in [0.4, 0.5) is 0 Å². The average molecular weight is 300 g/mol. The molecule has 2 N–H and O–H groups in total. The average Bonchev–Trinajstić information content (AvgIpc) is 2.66. The molecule has 7 heteroatoms. The van der Waals surface area contributed by atoms with Gasteiger partial charge in [-0.2, -0.15) is 0 Å². The fourth-order valence-corrected chi connectivity index (χ4v) is 2.21. The second kappa shape index (κ2) is 6.18. The van der Waals surface area contributed by atoms with Gasteiger partial charge < -0.3 is 19.6 Å². The van der Waals surface area contributed by atoms with Crippen LogP contribution in [0.3, 0.4) is 0 Å². The summed E-state index contributed by atoms with van der Waals surface area (Å²) in [7, 11) is 1.59. The van der Waals surface area contributed by atoms with Gasteiger partial charge >= 0.3 is 0 Å². The Hall–Kier alpha value is -1.37. The van der Waals surface area contributed by atoms with Crippen molar-refractivity contribution in [3.63, 3.8) is 0 Å². The zero-order valence-electron chi connectivity index (χ0n) is 10.4. The first-order chi connectivity index (χ1) is 9.11. The lowest BCUT2D eigenvalue weighted by Gasteiger charge is -2.06. The first-order valence-corrected chi connectivity index (χ1v) is 6.54. The van der Waals surface area contributed by atoms with Crippen LogP contribution in [0.15, 0.2) is 18.2 Å². The van der Waals surface area contributed by atoms with Gasteiger partial charge in [-0.05, 0) is 30.4 Å². The number of methoxy groups -OCH3 is 1. The summed E-state index contributed by atoms with van der Waals surface area (Å²) in [4.78, 5) is 14.8. The molecule has 0 radical (unpaired) electrons. The Kier molecular flexibility index (Phi) is 4.57. The first kappa shape index (κ1) is 14.0. The number of rotatable bonds is 5. The molecule has 2 rings (SSSR count). The fraction of sp³-hybridized carbons (Fsp3) is 0.333. The molecule has 0 spiro atoms. The number of hydrogen-bond acceptors (Lipinski definition) is 3. The molecule has 0 saturated carbocycles. The normalized spacial score (nSPS) is 10.8. The van der Waals surface area contributed by atoms with Crippen LogP contribution in [-0.2, 0) is 16.1 Å². The van der Waals surface area contributed by atoms with Crippen LogP contribution >= 0.6 is 23.8 Å². The van der Waals surface area contributed by atoms with E-state index in [4.69, 9.17) is 28.6 Å². The van der Waals surface area contributed by atoms with Crippen molar-refractivity contribution in [1.29, 1.82) is 0 Å². The van der Waals surface area contributed by atoms with Crippen LogP contribution in [0, 0.1) is 4.77 Å². The number of aromatic amines is 1. The third-order valence-corrected chi connectivity index (χ3v) is 3.22. The molecule has 0 aliphatic rings. The van der Waals surface area contributed by atoms with Crippen LogP contribution in [-0.4, -0.2) is 35.7 Å². The van der Waals surface area contributed by atoms with E-state index in [1.165, 1.54) is 0 Å². The summed E-state index contributed by atoms with van der Waals surface area (Å²) in [5, 5.41) is 3.36. The van der Waals surface area contributed by atoms with Gasteiger partial charge in [0.15, 0.2) is 4.77 Å². The fourth-order valence-electron chi connectivity index (χ4n) is 1.77. The van der Waals surface area contributed by atoms with E-state index in [9.17, 15) is 4.79 Å². The van der Waals surface area contributed by atoms with Gasteiger partial charge in [-0.25, -0.2) is 0 Å². The maximum absolute atomic E-state index is 11.8. The lowest BCUT2D eigenvalue weighted by Crippen LogP contribution is -2.30. The monoisotopic (exact) mass is 299 g/mol. The van der Waals surface area contributed by atoms with E-state index in [0.717, 1.165) is 11.0 Å². The Morgan fingerprint density at radius 2 is 2.37 bits per heavy atom. The zero-order valence-corrected chi connectivity index (χ0v) is 12.0. The van der Waals surface area contributed by atoms with E-state index in [-0.39, 0.29) is 12.5 Å². The van der Waals surface area contributed by atoms with Crippen molar-refractivity contribution in [2.24, 2.45) is 0 Å². The smallest absolute Gasteiger partial charge is 0.240 e. The van der Waals surface area contributed by atoms with E-state index in [2.05, 4.69) is 10.3 Å². The number of ether oxygens (including phenoxy) is 1. The summed E-state index contributed by atoms with van der Waals surface area (Å²) in [5.74, 6) is -0.117. The van der Waals surface area contributed by atoms with Gasteiger partial charge in [-0.1, -0.05) is 11.6 Å². The molecule has 19 heavy (non-hydrogen) atoms. The lowest BCUT2D eigenvalue weighted by atomic mass is 10.3. The zero-order chi connectivity index (χ0) is 13.8. The highest BCUT2D eigenvalue weighted by Crippen LogP contribution is 2.19. The largest absolute Gasteiger partial charge is 0.383 e. The Labute approximate surface area is 120 Å². The number of benzene rings is 1. The van der Waals surface area contributed by atoms with Crippen LogP contribution in [0.2, 0.25) is 5.02 Å². The molecule has 2 aromatic rings. The Bertz CT molecular complexity index is 650. The number of imidazole rings is 1. The molecule has 0 saturated heterocycles. The molecule has 0 fully saturated rings. The lowest BCUT2D eigenvalue weighted by molar-refractivity contribution is -0.121. The quantitative estimate of drug-likeness (QED) is 0.657. The number of nitrogens with zero attached hydrogens (tertiary/aromatic N) is 1. The molecular formula is C12H14ClN3O2S. The van der Waals surface area contributed by atoms with Crippen molar-refractivity contribution in [2.75, 3.05) is 20.3 Å². The molecule has 0 bridgehead atoms. The van der Waals surface area contributed by atoms with Gasteiger partial charge in [0.2, 0.25) is 5.91 Å². The number of carbonyl (C=O) groups excluding carboxylic acids is 1. The summed E-state index contributed by atoms with van der Waals surface area (Å²) in [6.07, 6.45) is 0. The highest BCUT2D eigenvalue weighted by atomic mass is 35.5. The second-order valence-electron chi connectivity index (χ2n) is 4.02. The molecule has 1 heterocycles. The number of carbonyl (C=O) groups is 1. The first-order valence-electron chi connectivity index (χ1n) is 5.75. The predicted molar refractivity (Wildman–Crippen MR) is 77.0 cm³/mol. The van der Waals surface area contributed by atoms with E-state index in [1.807, 2.05) is 6.07 Å². The number of amides is 1. The minimum absolute atomic E-state index is 0.117. The predicted octanol–water partition coefficient (Wildman–Crippen LogP) is 2.11. The molecule has 1 amide bonds. The van der Waals surface area contributed by atoms with E-state index in [1.54, 1.807) is 23.8 Å². The van der Waals surface area contributed by atoms with Crippen molar-refractivity contribution >= 4 is 40.8 Å². The van der Waals surface area contributed by atoms with Crippen molar-refractivity contribution in [2.45, 2.75) is 6.54 Å². The van der Waals surface area contributed by atoms with Gasteiger partial charge in [0.25, 0.3) is 0 Å². The number of nitrogens with one attached hydrogen (secondary N) is 2. The summed E-state index contributed by atoms with van der Waals surface area (Å²) in [5.41, 5.74) is 1.68. The van der Waals surface area contributed by atoms with Crippen molar-refractivity contribution < 1.29 is 9.53 Å². The molecule has 0 unspecified atom stereocenters. The van der Waals surface area contributed by atoms with Crippen molar-refractivity contribution in [1.82, 2.24) is 14.9 Å². The third-order valence-electron chi connectivity index (χ3n) is 2.67. The number of halogens is 1. The van der Waals surface area contributed by atoms with Gasteiger partial charge in [0.1, 0.15) is 6.54 Å². The van der Waals surface area contributed by atoms with Crippen LogP contribution in [0.5, 0.6) is 0 Å². The maximum atomic E-state index is 11.8. The van der Waals surface area contributed by atoms with E-state index < -0.39 is 0 Å². The summed E-state index contributed by atoms with van der Waals surface area (Å²) < 4.78 is 7.09. The van der Waals surface area contributed by atoms with Crippen LogP contribution in [0.25, 0.3) is 11.0 Å². The Morgan fingerprint density at radius 3 is 3.11 bits per heavy atom. The van der Waals surface area contributed by atoms with Crippen molar-refractivity contribution in [3.8, 4) is 0 Å². The van der Waals surface area contributed by atoms with Gasteiger partial charge in [-0.3, -0.25) is 4.79 Å². The molecule has 1 aromatic carbocycles. The number of fused-ring (bicyclic) bond motifs is 1. The minimum atomic E-state index is -0.117. The molecule has 1 aromatic heterocycles. The Balaban J connectivity index is 2.20. The topological polar surface area (TPSA) is 59.0 Å². The van der Waals surface area contributed by atoms with Crippen LogP contribution < -0.4 is 5.32 Å². The second-order valence-corrected chi connectivity index (χ2v) is 4.84. The summed E-state index contributed by atoms with van der Waals surface area (Å²) in [6.45, 7) is 1.12. The summed E-state index contributed by atoms with van der Waals surface area (Å²) in [6, 6.07) is 5.40. The third kappa shape index (κ3) is 3.34. The molecule has 5 nitrogen and oxygen atoms in total. The molecule has 102 valence electrons. The number of aromatic nitrogens is 2. The van der Waals surface area contributed by atoms with Gasteiger partial charge in [0, 0.05) is 18.7 Å². The SMILES string of the molecule is COCCNC(=O)Cn1c(=S)[nH]c2ccc(Cl)cc21. The van der Waals surface area contributed by atoms with E-state index in [0.29, 0.717) is 22.9 Å². The molecule has 0 atom stereocenters. The Morgan fingerprint density at radius 1 is 1.58 bits per heavy atom. The number of H-pyrrole nitrogens is 1. The molecule has 0 aliphatic heterocycles. The van der Waals surface area contributed by atoms with Gasteiger partial charge in [-0.15, -0.1) is 0 Å². The number of hydrogen-bond donors (Lipinski definition) is 2.